The molecule has 1 unspecified atom stereocenters. The lowest BCUT2D eigenvalue weighted by Crippen LogP contribution is -2.40. The summed E-state index contributed by atoms with van der Waals surface area (Å²) in [5, 5.41) is 3.26. The molecule has 5 nitrogen and oxygen atoms in total. The number of carbonyl (C=O) groups is 1. The lowest BCUT2D eigenvalue weighted by molar-refractivity contribution is -0.127. The van der Waals surface area contributed by atoms with Crippen molar-refractivity contribution in [1.29, 1.82) is 0 Å². The second-order valence-corrected chi connectivity index (χ2v) is 6.28. The maximum atomic E-state index is 11.5. The second-order valence-electron chi connectivity index (χ2n) is 4.14. The van der Waals surface area contributed by atoms with Gasteiger partial charge < -0.3 is 10.2 Å². The van der Waals surface area contributed by atoms with E-state index in [-0.39, 0.29) is 5.91 Å². The van der Waals surface area contributed by atoms with Gasteiger partial charge in [0, 0.05) is 25.9 Å². The van der Waals surface area contributed by atoms with E-state index in [1.807, 2.05) is 0 Å². The molecule has 6 heteroatoms. The Morgan fingerprint density at radius 1 is 1.53 bits per heavy atom. The predicted octanol–water partition coefficient (Wildman–Crippen LogP) is -0.759. The zero-order valence-corrected chi connectivity index (χ0v) is 10.0. The summed E-state index contributed by atoms with van der Waals surface area (Å²) >= 11 is 0. The van der Waals surface area contributed by atoms with Crippen molar-refractivity contribution >= 4 is 15.7 Å². The summed E-state index contributed by atoms with van der Waals surface area (Å²) in [4.78, 5) is 13.0. The van der Waals surface area contributed by atoms with Crippen molar-refractivity contribution in [1.82, 2.24) is 10.2 Å². The van der Waals surface area contributed by atoms with Crippen LogP contribution in [0.5, 0.6) is 0 Å². The van der Waals surface area contributed by atoms with E-state index in [1.165, 1.54) is 4.90 Å². The Morgan fingerprint density at radius 3 is 2.67 bits per heavy atom. The predicted molar refractivity (Wildman–Crippen MR) is 58.4 cm³/mol. The molecule has 1 saturated heterocycles. The van der Waals surface area contributed by atoms with E-state index in [9.17, 15) is 13.2 Å². The van der Waals surface area contributed by atoms with Gasteiger partial charge in [0.25, 0.3) is 0 Å². The van der Waals surface area contributed by atoms with Gasteiger partial charge in [0.05, 0.1) is 0 Å². The number of sulfone groups is 1. The molecule has 0 aromatic carbocycles. The van der Waals surface area contributed by atoms with Crippen molar-refractivity contribution < 1.29 is 13.2 Å². The Bertz CT molecular complexity index is 320. The van der Waals surface area contributed by atoms with E-state index in [0.29, 0.717) is 12.6 Å². The van der Waals surface area contributed by atoms with Crippen LogP contribution >= 0.6 is 0 Å². The van der Waals surface area contributed by atoms with E-state index < -0.39 is 15.6 Å². The molecule has 0 aliphatic carbocycles. The van der Waals surface area contributed by atoms with Crippen molar-refractivity contribution in [3.8, 4) is 0 Å². The van der Waals surface area contributed by atoms with Crippen molar-refractivity contribution in [2.24, 2.45) is 0 Å². The van der Waals surface area contributed by atoms with Crippen molar-refractivity contribution in [2.75, 3.05) is 32.1 Å². The molecular formula is C9H18N2O3S. The number of likely N-dealkylation sites (N-methyl/N-ethyl adjacent to an activating group) is 1. The van der Waals surface area contributed by atoms with Crippen LogP contribution in [0, 0.1) is 0 Å². The molecule has 1 heterocycles. The summed E-state index contributed by atoms with van der Waals surface area (Å²) in [7, 11) is -1.57. The summed E-state index contributed by atoms with van der Waals surface area (Å²) in [6.07, 6.45) is 3.25. The largest absolute Gasteiger partial charge is 0.343 e. The van der Waals surface area contributed by atoms with Crippen molar-refractivity contribution in [2.45, 2.75) is 18.9 Å². The molecule has 0 aromatic heterocycles. The van der Waals surface area contributed by atoms with E-state index in [4.69, 9.17) is 0 Å². The van der Waals surface area contributed by atoms with Crippen LogP contribution in [-0.2, 0) is 14.6 Å². The smallest absolute Gasteiger partial charge is 0.237 e. The standard InChI is InChI=1S/C9H18N2O3S/c1-11(6-8-4-3-5-10-8)9(12)7-15(2,13)14/h8,10H,3-7H2,1-2H3. The molecule has 15 heavy (non-hydrogen) atoms. The summed E-state index contributed by atoms with van der Waals surface area (Å²) in [6.45, 7) is 1.58. The molecule has 88 valence electrons. The topological polar surface area (TPSA) is 66.5 Å². The highest BCUT2D eigenvalue weighted by Crippen LogP contribution is 2.06. The molecule has 1 N–H and O–H groups in total. The molecule has 1 rings (SSSR count). The van der Waals surface area contributed by atoms with Gasteiger partial charge in [-0.15, -0.1) is 0 Å². The first kappa shape index (κ1) is 12.4. The maximum Gasteiger partial charge on any atom is 0.237 e. The molecule has 1 fully saturated rings. The van der Waals surface area contributed by atoms with Gasteiger partial charge in [-0.2, -0.15) is 0 Å². The average molecular weight is 234 g/mol. The number of hydrogen-bond donors (Lipinski definition) is 1. The third kappa shape index (κ3) is 4.61. The fraction of sp³-hybridized carbons (Fsp3) is 0.889. The Kier molecular flexibility index (Phi) is 4.10. The average Bonchev–Trinajstić information content (AvgIpc) is 2.53. The molecular weight excluding hydrogens is 216 g/mol. The fourth-order valence-electron chi connectivity index (χ4n) is 1.68. The van der Waals surface area contributed by atoms with Crippen LogP contribution in [-0.4, -0.2) is 57.4 Å². The molecule has 1 atom stereocenters. The van der Waals surface area contributed by atoms with Gasteiger partial charge in [-0.1, -0.05) is 0 Å². The molecule has 0 saturated carbocycles. The van der Waals surface area contributed by atoms with Gasteiger partial charge in [0.1, 0.15) is 5.75 Å². The minimum Gasteiger partial charge on any atom is -0.343 e. The third-order valence-electron chi connectivity index (χ3n) is 2.47. The lowest BCUT2D eigenvalue weighted by atomic mass is 10.2. The number of carbonyl (C=O) groups excluding carboxylic acids is 1. The van der Waals surface area contributed by atoms with Crippen LogP contribution in [0.15, 0.2) is 0 Å². The van der Waals surface area contributed by atoms with Gasteiger partial charge in [0.15, 0.2) is 9.84 Å². The fourth-order valence-corrected chi connectivity index (χ4v) is 2.35. The summed E-state index contributed by atoms with van der Waals surface area (Å²) in [5.41, 5.74) is 0. The van der Waals surface area contributed by atoms with E-state index in [0.717, 1.165) is 25.6 Å². The molecule has 1 aliphatic heterocycles. The van der Waals surface area contributed by atoms with Crippen LogP contribution in [0.3, 0.4) is 0 Å². The van der Waals surface area contributed by atoms with Gasteiger partial charge in [-0.3, -0.25) is 4.79 Å². The summed E-state index contributed by atoms with van der Waals surface area (Å²) in [5.74, 6) is -0.720. The molecule has 0 spiro atoms. The monoisotopic (exact) mass is 234 g/mol. The number of rotatable bonds is 4. The maximum absolute atomic E-state index is 11.5. The highest BCUT2D eigenvalue weighted by atomic mass is 32.2. The number of nitrogens with zero attached hydrogens (tertiary/aromatic N) is 1. The van der Waals surface area contributed by atoms with E-state index in [1.54, 1.807) is 7.05 Å². The summed E-state index contributed by atoms with van der Waals surface area (Å²) in [6, 6.07) is 0.318. The van der Waals surface area contributed by atoms with Crippen LogP contribution in [0.4, 0.5) is 0 Å². The Morgan fingerprint density at radius 2 is 2.20 bits per heavy atom. The zero-order chi connectivity index (χ0) is 11.5. The second kappa shape index (κ2) is 4.94. The van der Waals surface area contributed by atoms with Gasteiger partial charge in [-0.25, -0.2) is 8.42 Å². The highest BCUT2D eigenvalue weighted by Gasteiger charge is 2.20. The molecule has 0 aromatic rings. The molecule has 0 radical (unpaired) electrons. The van der Waals surface area contributed by atoms with Gasteiger partial charge >= 0.3 is 0 Å². The van der Waals surface area contributed by atoms with Crippen molar-refractivity contribution in [3.05, 3.63) is 0 Å². The van der Waals surface area contributed by atoms with Gasteiger partial charge in [-0.05, 0) is 19.4 Å². The van der Waals surface area contributed by atoms with Crippen LogP contribution in [0.25, 0.3) is 0 Å². The Balaban J connectivity index is 2.39. The normalized spacial score (nSPS) is 21.6. The van der Waals surface area contributed by atoms with E-state index >= 15 is 0 Å². The minimum atomic E-state index is -3.21. The Labute approximate surface area is 90.7 Å². The first-order valence-electron chi connectivity index (χ1n) is 5.03. The SMILES string of the molecule is CN(CC1CCCN1)C(=O)CS(C)(=O)=O. The number of amides is 1. The van der Waals surface area contributed by atoms with Crippen LogP contribution in [0.2, 0.25) is 0 Å². The third-order valence-corrected chi connectivity index (χ3v) is 3.24. The van der Waals surface area contributed by atoms with E-state index in [2.05, 4.69) is 5.32 Å². The van der Waals surface area contributed by atoms with Gasteiger partial charge in [0.2, 0.25) is 5.91 Å². The highest BCUT2D eigenvalue weighted by molar-refractivity contribution is 7.91. The number of nitrogens with one attached hydrogen (secondary N) is 1. The quantitative estimate of drug-likeness (QED) is 0.694. The van der Waals surface area contributed by atoms with Crippen molar-refractivity contribution in [3.63, 3.8) is 0 Å². The molecule has 0 bridgehead atoms. The lowest BCUT2D eigenvalue weighted by Gasteiger charge is -2.20. The van der Waals surface area contributed by atoms with Crippen LogP contribution in [0.1, 0.15) is 12.8 Å². The zero-order valence-electron chi connectivity index (χ0n) is 9.19. The Hall–Kier alpha value is -0.620. The number of hydrogen-bond acceptors (Lipinski definition) is 4. The minimum absolute atomic E-state index is 0.318. The van der Waals surface area contributed by atoms with Crippen LogP contribution < -0.4 is 5.32 Å². The summed E-state index contributed by atoms with van der Waals surface area (Å²) < 4.78 is 21.8. The first-order valence-corrected chi connectivity index (χ1v) is 7.09. The molecule has 1 aliphatic rings. The molecule has 1 amide bonds. The first-order chi connectivity index (χ1) is 6.88.